The first-order valence-electron chi connectivity index (χ1n) is 8.87. The number of aromatic nitrogens is 3. The molecule has 2 heterocycles. The molecule has 1 N–H and O–H groups in total. The Balaban J connectivity index is 1.79. The second-order valence-corrected chi connectivity index (χ2v) is 6.60. The van der Waals surface area contributed by atoms with Gasteiger partial charge in [-0.05, 0) is 49.4 Å². The van der Waals surface area contributed by atoms with Gasteiger partial charge < -0.3 is 9.88 Å². The molecule has 0 aliphatic heterocycles. The molecule has 0 spiro atoms. The molecule has 0 aliphatic carbocycles. The third kappa shape index (κ3) is 3.32. The molecule has 0 fully saturated rings. The van der Waals surface area contributed by atoms with Crippen LogP contribution in [0.3, 0.4) is 0 Å². The number of para-hydroxylation sites is 1. The summed E-state index contributed by atoms with van der Waals surface area (Å²) in [7, 11) is 1.92. The zero-order chi connectivity index (χ0) is 19.7. The summed E-state index contributed by atoms with van der Waals surface area (Å²) in [6, 6.07) is 19.4. The number of hydrogen-bond donors (Lipinski definition) is 1. The quantitative estimate of drug-likeness (QED) is 0.569. The third-order valence-electron chi connectivity index (χ3n) is 4.55. The molecule has 0 atom stereocenters. The second kappa shape index (κ2) is 7.15. The van der Waals surface area contributed by atoms with E-state index in [1.165, 1.54) is 12.1 Å². The van der Waals surface area contributed by atoms with Gasteiger partial charge in [0.2, 0.25) is 0 Å². The Morgan fingerprint density at radius 3 is 2.46 bits per heavy atom. The molecule has 4 rings (SSSR count). The summed E-state index contributed by atoms with van der Waals surface area (Å²) in [6.45, 7) is 1.99. The minimum absolute atomic E-state index is 0.129. The van der Waals surface area contributed by atoms with Crippen molar-refractivity contribution in [1.82, 2.24) is 14.3 Å². The molecular weight excluding hydrogens is 355 g/mol. The van der Waals surface area contributed by atoms with Crippen LogP contribution in [0, 0.1) is 12.7 Å². The Hall–Kier alpha value is -3.67. The number of nitrogens with zero attached hydrogens (tertiary/aromatic N) is 3. The minimum Gasteiger partial charge on any atom is -0.349 e. The van der Waals surface area contributed by atoms with E-state index in [2.05, 4.69) is 10.4 Å². The molecule has 5 nitrogen and oxygen atoms in total. The highest BCUT2D eigenvalue weighted by Gasteiger charge is 2.19. The van der Waals surface area contributed by atoms with Gasteiger partial charge in [0.15, 0.2) is 0 Å². The number of rotatable bonds is 4. The molecule has 28 heavy (non-hydrogen) atoms. The predicted molar refractivity (Wildman–Crippen MR) is 107 cm³/mol. The van der Waals surface area contributed by atoms with Gasteiger partial charge in [0.25, 0.3) is 5.91 Å². The van der Waals surface area contributed by atoms with Crippen molar-refractivity contribution >= 4 is 11.6 Å². The molecule has 6 heteroatoms. The van der Waals surface area contributed by atoms with Gasteiger partial charge in [0.05, 0.1) is 17.1 Å². The number of amides is 1. The maximum atomic E-state index is 14.0. The van der Waals surface area contributed by atoms with Gasteiger partial charge in [0.1, 0.15) is 17.2 Å². The summed E-state index contributed by atoms with van der Waals surface area (Å²) >= 11 is 0. The number of carbonyl (C=O) groups is 1. The summed E-state index contributed by atoms with van der Waals surface area (Å²) in [5.41, 5.74) is 3.85. The maximum absolute atomic E-state index is 14.0. The van der Waals surface area contributed by atoms with Crippen LogP contribution < -0.4 is 5.32 Å². The largest absolute Gasteiger partial charge is 0.349 e. The SMILES string of the molecule is Cc1ccc(-n2nc(-c3cccn3C)cc2C(=O)Nc2ccccc2F)cc1. The van der Waals surface area contributed by atoms with Crippen LogP contribution in [0.5, 0.6) is 0 Å². The lowest BCUT2D eigenvalue weighted by molar-refractivity contribution is 0.101. The molecule has 1 amide bonds. The van der Waals surface area contributed by atoms with E-state index in [0.717, 1.165) is 16.9 Å². The Bertz CT molecular complexity index is 1140. The molecule has 140 valence electrons. The number of halogens is 1. The lowest BCUT2D eigenvalue weighted by Gasteiger charge is -2.09. The summed E-state index contributed by atoms with van der Waals surface area (Å²) < 4.78 is 17.5. The van der Waals surface area contributed by atoms with Crippen molar-refractivity contribution in [2.75, 3.05) is 5.32 Å². The highest BCUT2D eigenvalue weighted by Crippen LogP contribution is 2.23. The Kier molecular flexibility index (Phi) is 4.53. The predicted octanol–water partition coefficient (Wildman–Crippen LogP) is 4.58. The van der Waals surface area contributed by atoms with Crippen LogP contribution in [-0.2, 0) is 7.05 Å². The van der Waals surface area contributed by atoms with E-state index in [-0.39, 0.29) is 5.69 Å². The van der Waals surface area contributed by atoms with Crippen molar-refractivity contribution in [2.45, 2.75) is 6.92 Å². The van der Waals surface area contributed by atoms with Crippen LogP contribution in [0.15, 0.2) is 72.9 Å². The summed E-state index contributed by atoms with van der Waals surface area (Å²) in [6.07, 6.45) is 1.92. The van der Waals surface area contributed by atoms with Crippen LogP contribution >= 0.6 is 0 Å². The Morgan fingerprint density at radius 2 is 1.79 bits per heavy atom. The number of hydrogen-bond acceptors (Lipinski definition) is 2. The monoisotopic (exact) mass is 374 g/mol. The number of benzene rings is 2. The van der Waals surface area contributed by atoms with Crippen LogP contribution in [0.1, 0.15) is 16.1 Å². The van der Waals surface area contributed by atoms with Crippen molar-refractivity contribution in [1.29, 1.82) is 0 Å². The first kappa shape index (κ1) is 17.7. The van der Waals surface area contributed by atoms with Gasteiger partial charge in [-0.1, -0.05) is 29.8 Å². The fourth-order valence-corrected chi connectivity index (χ4v) is 3.03. The molecule has 0 aliphatic rings. The molecule has 0 saturated carbocycles. The van der Waals surface area contributed by atoms with Crippen molar-refractivity contribution in [3.05, 3.63) is 90.0 Å². The smallest absolute Gasteiger partial charge is 0.274 e. The molecule has 2 aromatic heterocycles. The van der Waals surface area contributed by atoms with Gasteiger partial charge in [-0.25, -0.2) is 9.07 Å². The fraction of sp³-hybridized carbons (Fsp3) is 0.0909. The number of anilines is 1. The number of aryl methyl sites for hydroxylation is 2. The van der Waals surface area contributed by atoms with Crippen LogP contribution in [-0.4, -0.2) is 20.3 Å². The summed E-state index contributed by atoms with van der Waals surface area (Å²) in [5.74, 6) is -0.918. The lowest BCUT2D eigenvalue weighted by atomic mass is 10.2. The van der Waals surface area contributed by atoms with Gasteiger partial charge in [-0.15, -0.1) is 0 Å². The van der Waals surface area contributed by atoms with E-state index in [1.54, 1.807) is 22.9 Å². The first-order chi connectivity index (χ1) is 13.5. The molecule has 0 radical (unpaired) electrons. The van der Waals surface area contributed by atoms with Crippen molar-refractivity contribution in [2.24, 2.45) is 7.05 Å². The third-order valence-corrected chi connectivity index (χ3v) is 4.55. The topological polar surface area (TPSA) is 51.9 Å². The van der Waals surface area contributed by atoms with E-state index in [0.29, 0.717) is 11.4 Å². The minimum atomic E-state index is -0.486. The first-order valence-corrected chi connectivity index (χ1v) is 8.87. The lowest BCUT2D eigenvalue weighted by Crippen LogP contribution is -2.17. The molecule has 0 saturated heterocycles. The van der Waals surface area contributed by atoms with Gasteiger partial charge >= 0.3 is 0 Å². The average molecular weight is 374 g/mol. The molecular formula is C22H19FN4O. The van der Waals surface area contributed by atoms with Gasteiger partial charge in [-0.3, -0.25) is 4.79 Å². The highest BCUT2D eigenvalue weighted by molar-refractivity contribution is 6.04. The van der Waals surface area contributed by atoms with E-state index in [1.807, 2.05) is 61.1 Å². The van der Waals surface area contributed by atoms with Crippen molar-refractivity contribution in [3.63, 3.8) is 0 Å². The van der Waals surface area contributed by atoms with Crippen LogP contribution in [0.25, 0.3) is 17.1 Å². The molecule has 2 aromatic carbocycles. The number of nitrogens with one attached hydrogen (secondary N) is 1. The second-order valence-electron chi connectivity index (χ2n) is 6.60. The molecule has 0 unspecified atom stereocenters. The average Bonchev–Trinajstić information content (AvgIpc) is 3.30. The van der Waals surface area contributed by atoms with E-state index in [4.69, 9.17) is 0 Å². The van der Waals surface area contributed by atoms with E-state index >= 15 is 0 Å². The summed E-state index contributed by atoms with van der Waals surface area (Å²) in [5, 5.41) is 7.28. The fourth-order valence-electron chi connectivity index (χ4n) is 3.03. The zero-order valence-corrected chi connectivity index (χ0v) is 15.6. The van der Waals surface area contributed by atoms with Crippen LogP contribution in [0.4, 0.5) is 10.1 Å². The van der Waals surface area contributed by atoms with Gasteiger partial charge in [0, 0.05) is 13.2 Å². The highest BCUT2D eigenvalue weighted by atomic mass is 19.1. The number of carbonyl (C=O) groups excluding carboxylic acids is 1. The van der Waals surface area contributed by atoms with E-state index in [9.17, 15) is 9.18 Å². The van der Waals surface area contributed by atoms with E-state index < -0.39 is 11.7 Å². The maximum Gasteiger partial charge on any atom is 0.274 e. The Morgan fingerprint density at radius 1 is 1.04 bits per heavy atom. The van der Waals surface area contributed by atoms with Crippen molar-refractivity contribution in [3.8, 4) is 17.1 Å². The molecule has 4 aromatic rings. The summed E-state index contributed by atoms with van der Waals surface area (Å²) in [4.78, 5) is 12.9. The van der Waals surface area contributed by atoms with Crippen LogP contribution in [0.2, 0.25) is 0 Å². The van der Waals surface area contributed by atoms with Crippen molar-refractivity contribution < 1.29 is 9.18 Å². The normalized spacial score (nSPS) is 10.8. The standard InChI is InChI=1S/C22H19FN4O/c1-15-9-11-16(12-10-15)27-21(14-19(25-27)20-8-5-13-26(20)2)22(28)24-18-7-4-3-6-17(18)23/h3-14H,1-2H3,(H,24,28). The zero-order valence-electron chi connectivity index (χ0n) is 15.6. The van der Waals surface area contributed by atoms with Gasteiger partial charge in [-0.2, -0.15) is 5.10 Å². The Labute approximate surface area is 162 Å². The molecule has 0 bridgehead atoms.